The first-order valence-electron chi connectivity index (χ1n) is 8.05. The number of hydrogen-bond donors (Lipinski definition) is 3. The highest BCUT2D eigenvalue weighted by Crippen LogP contribution is 2.17. The van der Waals surface area contributed by atoms with Crippen molar-refractivity contribution in [1.29, 1.82) is 0 Å². The van der Waals surface area contributed by atoms with E-state index in [-0.39, 0.29) is 13.2 Å². The van der Waals surface area contributed by atoms with Crippen molar-refractivity contribution in [3.8, 4) is 0 Å². The van der Waals surface area contributed by atoms with Crippen molar-refractivity contribution >= 4 is 0 Å². The number of aliphatic hydroxyl groups excluding tert-OH is 3. The lowest BCUT2D eigenvalue weighted by Crippen LogP contribution is -2.40. The number of hydrogen-bond acceptors (Lipinski definition) is 5. The Morgan fingerprint density at radius 1 is 1.19 bits per heavy atom. The molecule has 5 nitrogen and oxygen atoms in total. The molecule has 1 fully saturated rings. The molecule has 0 aliphatic carbocycles. The molecular weight excluding hydrogens is 272 g/mol. The Hall–Kier alpha value is -0.460. The molecule has 0 bridgehead atoms. The Balaban J connectivity index is 1.98. The third-order valence-corrected chi connectivity index (χ3v) is 3.71. The quantitative estimate of drug-likeness (QED) is 0.397. The van der Waals surface area contributed by atoms with Crippen LogP contribution in [0, 0.1) is 0 Å². The van der Waals surface area contributed by atoms with Gasteiger partial charge < -0.3 is 24.8 Å². The smallest absolute Gasteiger partial charge is 0.114 e. The van der Waals surface area contributed by atoms with Gasteiger partial charge in [0, 0.05) is 0 Å². The van der Waals surface area contributed by atoms with E-state index in [1.807, 2.05) is 6.08 Å². The summed E-state index contributed by atoms with van der Waals surface area (Å²) in [5.41, 5.74) is 0. The lowest BCUT2D eigenvalue weighted by atomic mass is 10.1. The van der Waals surface area contributed by atoms with E-state index >= 15 is 0 Å². The molecule has 0 aromatic heterocycles. The van der Waals surface area contributed by atoms with Gasteiger partial charge >= 0.3 is 0 Å². The fraction of sp³-hybridized carbons (Fsp3) is 0.875. The van der Waals surface area contributed by atoms with Crippen LogP contribution in [0.3, 0.4) is 0 Å². The summed E-state index contributed by atoms with van der Waals surface area (Å²) in [6.45, 7) is 2.80. The Kier molecular flexibility index (Phi) is 9.87. The van der Waals surface area contributed by atoms with Crippen molar-refractivity contribution < 1.29 is 24.8 Å². The van der Waals surface area contributed by atoms with Crippen LogP contribution in [0.4, 0.5) is 0 Å². The van der Waals surface area contributed by atoms with Crippen molar-refractivity contribution in [3.63, 3.8) is 0 Å². The molecule has 1 heterocycles. The largest absolute Gasteiger partial charge is 0.388 e. The van der Waals surface area contributed by atoms with E-state index in [4.69, 9.17) is 9.47 Å². The van der Waals surface area contributed by atoms with Crippen LogP contribution < -0.4 is 0 Å². The predicted molar refractivity (Wildman–Crippen MR) is 81.1 cm³/mol. The zero-order valence-electron chi connectivity index (χ0n) is 13.0. The minimum absolute atomic E-state index is 0.0564. The standard InChI is InChI=1S/C16H30O5/c1-2-3-4-5-6-7-8-9-10-20-11-14(18)16-15(19)13(17)12-21-16/h8-9,13-19H,2-7,10-12H2,1H3/b9-8+/t13-,14+,15+,16+/m0/s1. The van der Waals surface area contributed by atoms with Gasteiger partial charge in [-0.25, -0.2) is 0 Å². The van der Waals surface area contributed by atoms with Gasteiger partial charge in [0.05, 0.1) is 19.8 Å². The fourth-order valence-electron chi connectivity index (χ4n) is 2.37. The molecular formula is C16H30O5. The number of unbranched alkanes of at least 4 members (excludes halogenated alkanes) is 5. The van der Waals surface area contributed by atoms with E-state index in [9.17, 15) is 15.3 Å². The summed E-state index contributed by atoms with van der Waals surface area (Å²) in [4.78, 5) is 0. The Morgan fingerprint density at radius 2 is 1.95 bits per heavy atom. The zero-order valence-corrected chi connectivity index (χ0v) is 13.0. The van der Waals surface area contributed by atoms with Gasteiger partial charge in [-0.15, -0.1) is 0 Å². The molecule has 1 saturated heterocycles. The van der Waals surface area contributed by atoms with Crippen LogP contribution >= 0.6 is 0 Å². The summed E-state index contributed by atoms with van der Waals surface area (Å²) in [6.07, 6.45) is 7.85. The van der Waals surface area contributed by atoms with E-state index < -0.39 is 24.4 Å². The number of rotatable bonds is 11. The van der Waals surface area contributed by atoms with Crippen molar-refractivity contribution in [2.75, 3.05) is 19.8 Å². The van der Waals surface area contributed by atoms with Gasteiger partial charge in [-0.05, 0) is 12.8 Å². The van der Waals surface area contributed by atoms with Gasteiger partial charge in [0.1, 0.15) is 24.4 Å². The third-order valence-electron chi connectivity index (χ3n) is 3.71. The molecule has 0 amide bonds. The number of aliphatic hydroxyl groups is 3. The monoisotopic (exact) mass is 302 g/mol. The molecule has 0 aromatic rings. The summed E-state index contributed by atoms with van der Waals surface area (Å²) >= 11 is 0. The van der Waals surface area contributed by atoms with E-state index in [2.05, 4.69) is 13.0 Å². The maximum absolute atomic E-state index is 9.82. The molecule has 3 N–H and O–H groups in total. The van der Waals surface area contributed by atoms with Crippen molar-refractivity contribution in [2.24, 2.45) is 0 Å². The van der Waals surface area contributed by atoms with Gasteiger partial charge in [0.2, 0.25) is 0 Å². The molecule has 5 heteroatoms. The first kappa shape index (κ1) is 18.6. The first-order chi connectivity index (χ1) is 10.2. The molecule has 1 aliphatic rings. The lowest BCUT2D eigenvalue weighted by molar-refractivity contribution is -0.0782. The van der Waals surface area contributed by atoms with Crippen LogP contribution in [-0.2, 0) is 9.47 Å². The van der Waals surface area contributed by atoms with E-state index in [1.54, 1.807) is 0 Å². The van der Waals surface area contributed by atoms with Gasteiger partial charge in [0.25, 0.3) is 0 Å². The first-order valence-corrected chi connectivity index (χ1v) is 8.05. The maximum atomic E-state index is 9.82. The molecule has 4 atom stereocenters. The highest BCUT2D eigenvalue weighted by molar-refractivity contribution is 4.88. The van der Waals surface area contributed by atoms with Crippen LogP contribution in [0.1, 0.15) is 45.4 Å². The summed E-state index contributed by atoms with van der Waals surface area (Å²) in [5, 5.41) is 28.7. The SMILES string of the molecule is CCCCCCC/C=C/COC[C@@H](O)[C@H]1OC[C@H](O)[C@H]1O. The molecule has 0 saturated carbocycles. The average Bonchev–Trinajstić information content (AvgIpc) is 2.81. The molecule has 21 heavy (non-hydrogen) atoms. The molecule has 0 spiro atoms. The molecule has 1 rings (SSSR count). The maximum Gasteiger partial charge on any atom is 0.114 e. The van der Waals surface area contributed by atoms with E-state index in [1.165, 1.54) is 32.1 Å². The molecule has 1 aliphatic heterocycles. The van der Waals surface area contributed by atoms with Crippen molar-refractivity contribution in [2.45, 2.75) is 69.9 Å². The highest BCUT2D eigenvalue weighted by atomic mass is 16.5. The minimum atomic E-state index is -1.04. The molecule has 0 radical (unpaired) electrons. The predicted octanol–water partition coefficient (Wildman–Crippen LogP) is 1.40. The third kappa shape index (κ3) is 7.38. The zero-order chi connectivity index (χ0) is 15.5. The Bertz CT molecular complexity index is 282. The number of allylic oxidation sites excluding steroid dienone is 1. The Morgan fingerprint density at radius 3 is 2.62 bits per heavy atom. The minimum Gasteiger partial charge on any atom is -0.388 e. The fourth-order valence-corrected chi connectivity index (χ4v) is 2.37. The lowest BCUT2D eigenvalue weighted by Gasteiger charge is -2.20. The summed E-state index contributed by atoms with van der Waals surface area (Å²) in [7, 11) is 0. The molecule has 0 aromatic carbocycles. The van der Waals surface area contributed by atoms with Gasteiger partial charge in [-0.2, -0.15) is 0 Å². The van der Waals surface area contributed by atoms with Crippen molar-refractivity contribution in [1.82, 2.24) is 0 Å². The highest BCUT2D eigenvalue weighted by Gasteiger charge is 2.39. The van der Waals surface area contributed by atoms with Gasteiger partial charge in [0.15, 0.2) is 0 Å². The average molecular weight is 302 g/mol. The van der Waals surface area contributed by atoms with E-state index in [0.29, 0.717) is 6.61 Å². The Labute approximate surface area is 127 Å². The normalized spacial score (nSPS) is 27.5. The summed E-state index contributed by atoms with van der Waals surface area (Å²) in [6, 6.07) is 0. The van der Waals surface area contributed by atoms with Crippen LogP contribution in [0.5, 0.6) is 0 Å². The van der Waals surface area contributed by atoms with Crippen LogP contribution in [0.15, 0.2) is 12.2 Å². The van der Waals surface area contributed by atoms with Gasteiger partial charge in [-0.1, -0.05) is 44.8 Å². The second-order valence-electron chi connectivity index (χ2n) is 5.63. The summed E-state index contributed by atoms with van der Waals surface area (Å²) < 4.78 is 10.5. The van der Waals surface area contributed by atoms with E-state index in [0.717, 1.165) is 6.42 Å². The van der Waals surface area contributed by atoms with Crippen LogP contribution in [-0.4, -0.2) is 59.6 Å². The molecule has 0 unspecified atom stereocenters. The second kappa shape index (κ2) is 11.2. The molecule has 124 valence electrons. The van der Waals surface area contributed by atoms with Crippen molar-refractivity contribution in [3.05, 3.63) is 12.2 Å². The van der Waals surface area contributed by atoms with Crippen LogP contribution in [0.2, 0.25) is 0 Å². The topological polar surface area (TPSA) is 79.2 Å². The van der Waals surface area contributed by atoms with Crippen LogP contribution in [0.25, 0.3) is 0 Å². The second-order valence-corrected chi connectivity index (χ2v) is 5.63. The number of ether oxygens (including phenoxy) is 2. The summed E-state index contributed by atoms with van der Waals surface area (Å²) in [5.74, 6) is 0. The van der Waals surface area contributed by atoms with Gasteiger partial charge in [-0.3, -0.25) is 0 Å².